The standard InChI is InChI=1S/C12H14BrF3O3S/c1-7-5-10(13)8(2)4-9(7)11(3,12(14,15)16)6-20(17,18)19/h4-5H,6H2,1-3H3,(H,17,18,19). The first-order valence-corrected chi connectivity index (χ1v) is 7.97. The second-order valence-electron chi connectivity index (χ2n) is 4.97. The van der Waals surface area contributed by atoms with Gasteiger partial charge in [0.1, 0.15) is 5.41 Å². The number of rotatable bonds is 3. The third-order valence-corrected chi connectivity index (χ3v) is 4.99. The normalized spacial score (nSPS) is 16.0. The molecule has 0 saturated carbocycles. The van der Waals surface area contributed by atoms with E-state index in [1.807, 2.05) is 0 Å². The van der Waals surface area contributed by atoms with E-state index in [9.17, 15) is 21.6 Å². The first-order chi connectivity index (χ1) is 8.78. The van der Waals surface area contributed by atoms with Crippen LogP contribution in [0.25, 0.3) is 0 Å². The van der Waals surface area contributed by atoms with Crippen molar-refractivity contribution in [1.82, 2.24) is 0 Å². The van der Waals surface area contributed by atoms with Gasteiger partial charge in [-0.3, -0.25) is 4.55 Å². The van der Waals surface area contributed by atoms with Crippen LogP contribution in [0.3, 0.4) is 0 Å². The van der Waals surface area contributed by atoms with E-state index < -0.39 is 27.5 Å². The van der Waals surface area contributed by atoms with Gasteiger partial charge < -0.3 is 0 Å². The second-order valence-corrected chi connectivity index (χ2v) is 7.28. The molecular weight excluding hydrogens is 361 g/mol. The average molecular weight is 375 g/mol. The van der Waals surface area contributed by atoms with Gasteiger partial charge in [0.2, 0.25) is 0 Å². The van der Waals surface area contributed by atoms with E-state index in [2.05, 4.69) is 15.9 Å². The Hall–Kier alpha value is -0.600. The van der Waals surface area contributed by atoms with Crippen LogP contribution in [0.4, 0.5) is 13.2 Å². The van der Waals surface area contributed by atoms with Crippen LogP contribution in [0.1, 0.15) is 23.6 Å². The van der Waals surface area contributed by atoms with E-state index in [0.29, 0.717) is 15.6 Å². The Bertz CT molecular complexity index is 626. The number of alkyl halides is 3. The zero-order valence-corrected chi connectivity index (χ0v) is 13.4. The molecular formula is C12H14BrF3O3S. The fourth-order valence-electron chi connectivity index (χ4n) is 2.05. The Morgan fingerprint density at radius 2 is 1.70 bits per heavy atom. The molecule has 0 bridgehead atoms. The molecule has 1 atom stereocenters. The fourth-order valence-corrected chi connectivity index (χ4v) is 3.56. The van der Waals surface area contributed by atoms with E-state index >= 15 is 0 Å². The van der Waals surface area contributed by atoms with Crippen LogP contribution in [0.2, 0.25) is 0 Å². The van der Waals surface area contributed by atoms with E-state index in [4.69, 9.17) is 4.55 Å². The Morgan fingerprint density at radius 1 is 1.20 bits per heavy atom. The Labute approximate surface area is 124 Å². The summed E-state index contributed by atoms with van der Waals surface area (Å²) in [6.07, 6.45) is -4.81. The van der Waals surface area contributed by atoms with Crippen LogP contribution < -0.4 is 0 Å². The summed E-state index contributed by atoms with van der Waals surface area (Å²) in [4.78, 5) is 0. The number of hydrogen-bond acceptors (Lipinski definition) is 2. The maximum absolute atomic E-state index is 13.3. The van der Waals surface area contributed by atoms with Gasteiger partial charge in [-0.25, -0.2) is 0 Å². The second kappa shape index (κ2) is 5.31. The van der Waals surface area contributed by atoms with E-state index in [0.717, 1.165) is 6.92 Å². The fraction of sp³-hybridized carbons (Fsp3) is 0.500. The molecule has 1 unspecified atom stereocenters. The molecule has 8 heteroatoms. The highest BCUT2D eigenvalue weighted by Crippen LogP contribution is 2.44. The average Bonchev–Trinajstić information content (AvgIpc) is 2.19. The lowest BCUT2D eigenvalue weighted by molar-refractivity contribution is -0.179. The monoisotopic (exact) mass is 374 g/mol. The van der Waals surface area contributed by atoms with Crippen molar-refractivity contribution >= 4 is 26.0 Å². The minimum Gasteiger partial charge on any atom is -0.286 e. The molecule has 114 valence electrons. The number of benzene rings is 1. The zero-order chi connectivity index (χ0) is 15.9. The first kappa shape index (κ1) is 17.5. The minimum absolute atomic E-state index is 0.164. The molecule has 1 aromatic carbocycles. The molecule has 0 fully saturated rings. The van der Waals surface area contributed by atoms with Crippen LogP contribution in [0.15, 0.2) is 16.6 Å². The van der Waals surface area contributed by atoms with Gasteiger partial charge in [0, 0.05) is 4.47 Å². The van der Waals surface area contributed by atoms with Crippen LogP contribution in [-0.4, -0.2) is 24.9 Å². The molecule has 0 amide bonds. The smallest absolute Gasteiger partial charge is 0.286 e. The summed E-state index contributed by atoms with van der Waals surface area (Å²) in [5.74, 6) is -1.41. The van der Waals surface area contributed by atoms with E-state index in [1.54, 1.807) is 6.92 Å². The van der Waals surface area contributed by atoms with E-state index in [1.165, 1.54) is 19.1 Å². The molecule has 0 aliphatic heterocycles. The number of halogens is 4. The SMILES string of the molecule is Cc1cc(C(C)(CS(=O)(=O)O)C(F)(F)F)c(C)cc1Br. The summed E-state index contributed by atoms with van der Waals surface area (Å²) in [5.41, 5.74) is -1.98. The minimum atomic E-state index is -4.81. The molecule has 1 aromatic rings. The maximum atomic E-state index is 13.3. The molecule has 20 heavy (non-hydrogen) atoms. The van der Waals surface area contributed by atoms with Crippen molar-refractivity contribution in [3.8, 4) is 0 Å². The van der Waals surface area contributed by atoms with Gasteiger partial charge in [-0.1, -0.05) is 22.0 Å². The predicted octanol–water partition coefficient (Wildman–Crippen LogP) is 3.77. The van der Waals surface area contributed by atoms with Crippen molar-refractivity contribution in [3.63, 3.8) is 0 Å². The Morgan fingerprint density at radius 3 is 2.10 bits per heavy atom. The van der Waals surface area contributed by atoms with E-state index in [-0.39, 0.29) is 5.56 Å². The van der Waals surface area contributed by atoms with Gasteiger partial charge in [0.05, 0.1) is 5.75 Å². The van der Waals surface area contributed by atoms with Crippen molar-refractivity contribution < 1.29 is 26.1 Å². The largest absolute Gasteiger partial charge is 0.399 e. The quantitative estimate of drug-likeness (QED) is 0.819. The molecule has 0 radical (unpaired) electrons. The Kier molecular flexibility index (Phi) is 4.63. The van der Waals surface area contributed by atoms with Crippen molar-refractivity contribution in [3.05, 3.63) is 33.3 Å². The van der Waals surface area contributed by atoms with Crippen LogP contribution >= 0.6 is 15.9 Å². The summed E-state index contributed by atoms with van der Waals surface area (Å²) < 4.78 is 71.5. The molecule has 0 saturated heterocycles. The van der Waals surface area contributed by atoms with Crippen LogP contribution in [0, 0.1) is 13.8 Å². The molecule has 0 aliphatic rings. The van der Waals surface area contributed by atoms with Gasteiger partial charge in [-0.2, -0.15) is 21.6 Å². The van der Waals surface area contributed by atoms with Gasteiger partial charge >= 0.3 is 6.18 Å². The first-order valence-electron chi connectivity index (χ1n) is 5.57. The third kappa shape index (κ3) is 3.53. The predicted molar refractivity (Wildman–Crippen MR) is 73.4 cm³/mol. The highest BCUT2D eigenvalue weighted by atomic mass is 79.9. The summed E-state index contributed by atoms with van der Waals surface area (Å²) in [6, 6.07) is 2.79. The molecule has 1 N–H and O–H groups in total. The summed E-state index contributed by atoms with van der Waals surface area (Å²) >= 11 is 3.21. The van der Waals surface area contributed by atoms with Gasteiger partial charge in [0.15, 0.2) is 0 Å². The number of aryl methyl sites for hydroxylation is 2. The zero-order valence-electron chi connectivity index (χ0n) is 11.0. The molecule has 0 heterocycles. The maximum Gasteiger partial charge on any atom is 0.399 e. The molecule has 1 rings (SSSR count). The number of hydrogen-bond donors (Lipinski definition) is 1. The lowest BCUT2D eigenvalue weighted by atomic mass is 9.80. The van der Waals surface area contributed by atoms with Gasteiger partial charge in [0.25, 0.3) is 10.1 Å². The Balaban J connectivity index is 3.59. The van der Waals surface area contributed by atoms with Crippen LogP contribution in [-0.2, 0) is 15.5 Å². The van der Waals surface area contributed by atoms with Crippen molar-refractivity contribution in [1.29, 1.82) is 0 Å². The van der Waals surface area contributed by atoms with Crippen molar-refractivity contribution in [2.45, 2.75) is 32.4 Å². The van der Waals surface area contributed by atoms with Crippen LogP contribution in [0.5, 0.6) is 0 Å². The summed E-state index contributed by atoms with van der Waals surface area (Å²) in [6.45, 7) is 3.85. The molecule has 0 aliphatic carbocycles. The highest BCUT2D eigenvalue weighted by molar-refractivity contribution is 9.10. The lowest BCUT2D eigenvalue weighted by Crippen LogP contribution is -2.45. The molecule has 0 spiro atoms. The van der Waals surface area contributed by atoms with Crippen molar-refractivity contribution in [2.24, 2.45) is 0 Å². The van der Waals surface area contributed by atoms with Crippen molar-refractivity contribution in [2.75, 3.05) is 5.75 Å². The highest BCUT2D eigenvalue weighted by Gasteiger charge is 2.55. The lowest BCUT2D eigenvalue weighted by Gasteiger charge is -2.33. The molecule has 0 aromatic heterocycles. The van der Waals surface area contributed by atoms with Gasteiger partial charge in [-0.05, 0) is 43.5 Å². The van der Waals surface area contributed by atoms with Gasteiger partial charge in [-0.15, -0.1) is 0 Å². The topological polar surface area (TPSA) is 54.4 Å². The third-order valence-electron chi connectivity index (χ3n) is 3.20. The summed E-state index contributed by atoms with van der Waals surface area (Å²) in [5, 5.41) is 0. The summed E-state index contributed by atoms with van der Waals surface area (Å²) in [7, 11) is -4.78. The molecule has 3 nitrogen and oxygen atoms in total.